The highest BCUT2D eigenvalue weighted by atomic mass is 32.1. The van der Waals surface area contributed by atoms with Crippen LogP contribution in [-0.2, 0) is 20.9 Å². The van der Waals surface area contributed by atoms with Crippen LogP contribution < -0.4 is 10.9 Å². The van der Waals surface area contributed by atoms with E-state index in [-0.39, 0.29) is 12.2 Å². The second-order valence-corrected chi connectivity index (χ2v) is 7.89. The van der Waals surface area contributed by atoms with Crippen LogP contribution in [0.5, 0.6) is 0 Å². The van der Waals surface area contributed by atoms with Crippen LogP contribution in [0.2, 0.25) is 0 Å². The molecule has 2 aromatic heterocycles. The second kappa shape index (κ2) is 6.41. The van der Waals surface area contributed by atoms with Crippen molar-refractivity contribution in [3.8, 4) is 0 Å². The zero-order valence-corrected chi connectivity index (χ0v) is 15.9. The SMILES string of the molecule is CC1(C)NC(=O)N(CC(=O)OCc2cc(=O)n3c(n2)sc2ccccc23)C1=O. The molecule has 0 spiro atoms. The van der Waals surface area contributed by atoms with E-state index < -0.39 is 30.0 Å². The van der Waals surface area contributed by atoms with E-state index in [2.05, 4.69) is 10.3 Å². The van der Waals surface area contributed by atoms with Gasteiger partial charge in [0, 0.05) is 6.07 Å². The van der Waals surface area contributed by atoms with Gasteiger partial charge in [-0.05, 0) is 26.0 Å². The number of rotatable bonds is 4. The fraction of sp³-hybridized carbons (Fsp3) is 0.278. The van der Waals surface area contributed by atoms with Crippen LogP contribution in [0.4, 0.5) is 4.79 Å². The molecule has 28 heavy (non-hydrogen) atoms. The van der Waals surface area contributed by atoms with E-state index in [1.165, 1.54) is 21.8 Å². The first-order chi connectivity index (χ1) is 13.3. The van der Waals surface area contributed by atoms with Gasteiger partial charge in [0.15, 0.2) is 4.96 Å². The predicted octanol–water partition coefficient (Wildman–Crippen LogP) is 1.28. The van der Waals surface area contributed by atoms with Crippen molar-refractivity contribution in [2.45, 2.75) is 26.0 Å². The number of hydrogen-bond acceptors (Lipinski definition) is 7. The lowest BCUT2D eigenvalue weighted by atomic mass is 10.1. The van der Waals surface area contributed by atoms with Crippen LogP contribution in [0, 0.1) is 0 Å². The van der Waals surface area contributed by atoms with Gasteiger partial charge in [-0.2, -0.15) is 0 Å². The third-order valence-corrected chi connectivity index (χ3v) is 5.38. The largest absolute Gasteiger partial charge is 0.458 e. The molecule has 1 N–H and O–H groups in total. The summed E-state index contributed by atoms with van der Waals surface area (Å²) >= 11 is 1.36. The van der Waals surface area contributed by atoms with Crippen molar-refractivity contribution in [1.29, 1.82) is 0 Å². The Labute approximate surface area is 162 Å². The number of imide groups is 1. The zero-order chi connectivity index (χ0) is 20.1. The van der Waals surface area contributed by atoms with Crippen molar-refractivity contribution in [3.63, 3.8) is 0 Å². The Balaban J connectivity index is 1.49. The van der Waals surface area contributed by atoms with Gasteiger partial charge < -0.3 is 10.1 Å². The van der Waals surface area contributed by atoms with Crippen LogP contribution in [0.1, 0.15) is 19.5 Å². The first kappa shape index (κ1) is 18.1. The molecule has 1 fully saturated rings. The summed E-state index contributed by atoms with van der Waals surface area (Å²) in [5, 5.41) is 2.49. The van der Waals surface area contributed by atoms with Crippen molar-refractivity contribution >= 4 is 44.4 Å². The summed E-state index contributed by atoms with van der Waals surface area (Å²) in [6.07, 6.45) is 0. The molecule has 0 bridgehead atoms. The van der Waals surface area contributed by atoms with E-state index in [1.807, 2.05) is 24.3 Å². The average molecular weight is 400 g/mol. The Hall–Kier alpha value is -3.27. The summed E-state index contributed by atoms with van der Waals surface area (Å²) in [6, 6.07) is 8.11. The molecule has 1 aliphatic rings. The molecule has 3 heterocycles. The van der Waals surface area contributed by atoms with Crippen molar-refractivity contribution in [3.05, 3.63) is 46.4 Å². The molecule has 9 nitrogen and oxygen atoms in total. The zero-order valence-electron chi connectivity index (χ0n) is 15.1. The topological polar surface area (TPSA) is 110 Å². The van der Waals surface area contributed by atoms with Crippen molar-refractivity contribution in [2.75, 3.05) is 6.54 Å². The fourth-order valence-corrected chi connectivity index (χ4v) is 4.04. The molecule has 0 unspecified atom stereocenters. The maximum atomic E-state index is 12.4. The number of fused-ring (bicyclic) bond motifs is 3. The summed E-state index contributed by atoms with van der Waals surface area (Å²) in [5.41, 5.74) is -0.267. The summed E-state index contributed by atoms with van der Waals surface area (Å²) in [4.78, 5) is 54.1. The molecular formula is C18H16N4O5S. The molecule has 1 saturated heterocycles. The monoisotopic (exact) mass is 400 g/mol. The standard InChI is InChI=1S/C18H16N4O5S/c1-18(2)15(25)21(16(26)20-18)8-14(24)27-9-10-7-13(23)22-11-5-3-4-6-12(11)28-17(22)19-10/h3-7H,8-9H2,1-2H3,(H,20,26). The van der Waals surface area contributed by atoms with E-state index in [0.717, 1.165) is 15.1 Å². The Morgan fingerprint density at radius 3 is 2.71 bits per heavy atom. The molecule has 0 aliphatic carbocycles. The van der Waals surface area contributed by atoms with Crippen LogP contribution in [0.25, 0.3) is 15.2 Å². The van der Waals surface area contributed by atoms with Gasteiger partial charge in [-0.3, -0.25) is 23.7 Å². The third kappa shape index (κ3) is 3.01. The summed E-state index contributed by atoms with van der Waals surface area (Å²) < 4.78 is 7.53. The lowest BCUT2D eigenvalue weighted by Crippen LogP contribution is -2.41. The number of esters is 1. The number of amides is 3. The molecule has 0 atom stereocenters. The molecule has 3 aromatic rings. The average Bonchev–Trinajstić information content (AvgIpc) is 3.10. The molecule has 0 saturated carbocycles. The van der Waals surface area contributed by atoms with E-state index in [9.17, 15) is 19.2 Å². The first-order valence-electron chi connectivity index (χ1n) is 8.46. The van der Waals surface area contributed by atoms with Gasteiger partial charge in [0.2, 0.25) is 0 Å². The number of hydrogen-bond donors (Lipinski definition) is 1. The van der Waals surface area contributed by atoms with Gasteiger partial charge in [-0.25, -0.2) is 9.78 Å². The number of carbonyl (C=O) groups excluding carboxylic acids is 3. The normalized spacial score (nSPS) is 16.0. The predicted molar refractivity (Wildman–Crippen MR) is 101 cm³/mol. The van der Waals surface area contributed by atoms with Gasteiger partial charge in [-0.15, -0.1) is 0 Å². The second-order valence-electron chi connectivity index (χ2n) is 6.88. The quantitative estimate of drug-likeness (QED) is 0.522. The minimum atomic E-state index is -1.06. The molecule has 144 valence electrons. The summed E-state index contributed by atoms with van der Waals surface area (Å²) in [7, 11) is 0. The lowest BCUT2D eigenvalue weighted by Gasteiger charge is -2.15. The number of nitrogens with one attached hydrogen (secondary N) is 1. The van der Waals surface area contributed by atoms with Gasteiger partial charge >= 0.3 is 12.0 Å². The van der Waals surface area contributed by atoms with Crippen LogP contribution in [0.15, 0.2) is 35.1 Å². The first-order valence-corrected chi connectivity index (χ1v) is 9.28. The number of carbonyl (C=O) groups is 3. The Kier molecular flexibility index (Phi) is 4.15. The minimum Gasteiger partial charge on any atom is -0.458 e. The number of thiazole rings is 1. The highest BCUT2D eigenvalue weighted by molar-refractivity contribution is 7.23. The number of nitrogens with zero attached hydrogens (tertiary/aromatic N) is 3. The highest BCUT2D eigenvalue weighted by Gasteiger charge is 2.45. The fourth-order valence-electron chi connectivity index (χ4n) is 2.99. The summed E-state index contributed by atoms with van der Waals surface area (Å²) in [6.45, 7) is 2.37. The van der Waals surface area contributed by atoms with E-state index in [4.69, 9.17) is 4.74 Å². The molecule has 3 amide bonds. The smallest absolute Gasteiger partial charge is 0.326 e. The molecule has 1 aliphatic heterocycles. The maximum absolute atomic E-state index is 12.4. The third-order valence-electron chi connectivity index (χ3n) is 4.36. The van der Waals surface area contributed by atoms with Gasteiger partial charge in [0.1, 0.15) is 18.7 Å². The number of ether oxygens (including phenoxy) is 1. The van der Waals surface area contributed by atoms with Gasteiger partial charge in [0.25, 0.3) is 11.5 Å². The lowest BCUT2D eigenvalue weighted by molar-refractivity contribution is -0.148. The Morgan fingerprint density at radius 1 is 1.25 bits per heavy atom. The highest BCUT2D eigenvalue weighted by Crippen LogP contribution is 2.23. The Morgan fingerprint density at radius 2 is 2.00 bits per heavy atom. The van der Waals surface area contributed by atoms with E-state index in [1.54, 1.807) is 13.8 Å². The van der Waals surface area contributed by atoms with Crippen molar-refractivity contribution in [1.82, 2.24) is 19.6 Å². The molecule has 10 heteroatoms. The van der Waals surface area contributed by atoms with Crippen LogP contribution >= 0.6 is 11.3 Å². The Bertz CT molecular complexity index is 1200. The van der Waals surface area contributed by atoms with Crippen molar-refractivity contribution in [2.24, 2.45) is 0 Å². The minimum absolute atomic E-state index is 0.230. The van der Waals surface area contributed by atoms with Crippen molar-refractivity contribution < 1.29 is 19.1 Å². The van der Waals surface area contributed by atoms with Crippen LogP contribution in [0.3, 0.4) is 0 Å². The van der Waals surface area contributed by atoms with E-state index in [0.29, 0.717) is 10.7 Å². The number of para-hydroxylation sites is 1. The van der Waals surface area contributed by atoms with Gasteiger partial charge in [-0.1, -0.05) is 23.5 Å². The molecule has 4 rings (SSSR count). The van der Waals surface area contributed by atoms with Crippen LogP contribution in [-0.4, -0.2) is 44.3 Å². The van der Waals surface area contributed by atoms with E-state index >= 15 is 0 Å². The number of aromatic nitrogens is 2. The number of benzene rings is 1. The molecule has 0 radical (unpaired) electrons. The molecular weight excluding hydrogens is 384 g/mol. The molecule has 1 aromatic carbocycles. The maximum Gasteiger partial charge on any atom is 0.326 e. The summed E-state index contributed by atoms with van der Waals surface area (Å²) in [5.74, 6) is -1.27. The number of urea groups is 1. The van der Waals surface area contributed by atoms with Gasteiger partial charge in [0.05, 0.1) is 15.9 Å².